The van der Waals surface area contributed by atoms with Crippen molar-refractivity contribution in [2.75, 3.05) is 0 Å². The van der Waals surface area contributed by atoms with E-state index < -0.39 is 0 Å². The van der Waals surface area contributed by atoms with Crippen molar-refractivity contribution in [1.29, 1.82) is 0 Å². The minimum absolute atomic E-state index is 0.0356. The molecule has 4 fully saturated rings. The second kappa shape index (κ2) is 4.08. The number of ketones is 1. The average molecular weight is 325 g/mol. The maximum atomic E-state index is 12.9. The summed E-state index contributed by atoms with van der Waals surface area (Å²) in [5.74, 6) is 0.625. The quantitative estimate of drug-likeness (QED) is 0.572. The number of halogens is 1. The molecule has 0 unspecified atom stereocenters. The summed E-state index contributed by atoms with van der Waals surface area (Å²) >= 11 is 3.96. The van der Waals surface area contributed by atoms with E-state index in [0.29, 0.717) is 21.4 Å². The van der Waals surface area contributed by atoms with Crippen LogP contribution in [0.25, 0.3) is 0 Å². The van der Waals surface area contributed by atoms with Gasteiger partial charge in [-0.15, -0.1) is 0 Å². The van der Waals surface area contributed by atoms with Gasteiger partial charge in [0.2, 0.25) is 0 Å². The Morgan fingerprint density at radius 1 is 0.895 bits per heavy atom. The lowest BCUT2D eigenvalue weighted by molar-refractivity contribution is -0.134. The van der Waals surface area contributed by atoms with E-state index in [1.165, 1.54) is 70.6 Å². The second-order valence-corrected chi connectivity index (χ2v) is 8.78. The van der Waals surface area contributed by atoms with Gasteiger partial charge >= 0.3 is 0 Å². The highest BCUT2D eigenvalue weighted by Gasteiger charge is 2.72. The van der Waals surface area contributed by atoms with Gasteiger partial charge in [0.25, 0.3) is 0 Å². The molecule has 19 heavy (non-hydrogen) atoms. The molecule has 4 aliphatic rings. The maximum Gasteiger partial charge on any atom is 0.140 e. The molecule has 0 aromatic heterocycles. The van der Waals surface area contributed by atoms with Crippen LogP contribution in [-0.4, -0.2) is 10.6 Å². The third-order valence-electron chi connectivity index (χ3n) is 7.53. The Hall–Kier alpha value is 0.150. The molecule has 0 N–H and O–H groups in total. The molecular weight excluding hydrogens is 300 g/mol. The van der Waals surface area contributed by atoms with E-state index in [1.807, 2.05) is 0 Å². The van der Waals surface area contributed by atoms with Gasteiger partial charge in [0.05, 0.1) is 0 Å². The molecule has 3 atom stereocenters. The molecule has 0 radical (unpaired) electrons. The van der Waals surface area contributed by atoms with Crippen LogP contribution in [0.4, 0.5) is 0 Å². The molecule has 4 aliphatic carbocycles. The monoisotopic (exact) mass is 324 g/mol. The van der Waals surface area contributed by atoms with Gasteiger partial charge in [0.1, 0.15) is 5.78 Å². The number of Topliss-reactive ketones (excluding diaryl/α,β-unsaturated/α-hetero) is 1. The number of hydrogen-bond acceptors (Lipinski definition) is 1. The van der Waals surface area contributed by atoms with Gasteiger partial charge in [0, 0.05) is 16.7 Å². The Balaban J connectivity index is 1.86. The van der Waals surface area contributed by atoms with E-state index in [2.05, 4.69) is 15.9 Å². The van der Waals surface area contributed by atoms with Crippen LogP contribution in [0.15, 0.2) is 0 Å². The summed E-state index contributed by atoms with van der Waals surface area (Å²) in [5.41, 5.74) is 0.974. The largest absolute Gasteiger partial charge is 0.299 e. The van der Waals surface area contributed by atoms with Crippen molar-refractivity contribution in [2.45, 2.75) is 81.9 Å². The summed E-state index contributed by atoms with van der Waals surface area (Å²) in [6.07, 6.45) is 15.6. The summed E-state index contributed by atoms with van der Waals surface area (Å²) in [6, 6.07) is 0. The number of fused-ring (bicyclic) bond motifs is 2. The lowest BCUT2D eigenvalue weighted by atomic mass is 9.52. The lowest BCUT2D eigenvalue weighted by Gasteiger charge is -2.52. The van der Waals surface area contributed by atoms with E-state index in [9.17, 15) is 4.79 Å². The lowest BCUT2D eigenvalue weighted by Crippen LogP contribution is -2.51. The first-order valence-corrected chi connectivity index (χ1v) is 9.26. The third-order valence-corrected chi connectivity index (χ3v) is 8.77. The first-order chi connectivity index (χ1) is 9.17. The van der Waals surface area contributed by atoms with E-state index in [1.54, 1.807) is 0 Å². The van der Waals surface area contributed by atoms with Crippen LogP contribution in [0.5, 0.6) is 0 Å². The Labute approximate surface area is 125 Å². The fraction of sp³-hybridized carbons (Fsp3) is 0.941. The molecule has 4 saturated carbocycles. The van der Waals surface area contributed by atoms with Crippen molar-refractivity contribution in [3.63, 3.8) is 0 Å². The Morgan fingerprint density at radius 3 is 2.32 bits per heavy atom. The normalized spacial score (nSPS) is 48.3. The fourth-order valence-electron chi connectivity index (χ4n) is 6.96. The SMILES string of the molecule is O=C1CC[C@]2(CCCC23CCCC3)[C@@]12CCC[C@H]2Br. The third kappa shape index (κ3) is 1.31. The van der Waals surface area contributed by atoms with E-state index in [-0.39, 0.29) is 5.41 Å². The molecule has 0 amide bonds. The number of alkyl halides is 1. The first-order valence-electron chi connectivity index (χ1n) is 8.34. The summed E-state index contributed by atoms with van der Waals surface area (Å²) < 4.78 is 0. The molecule has 0 saturated heterocycles. The van der Waals surface area contributed by atoms with Crippen molar-refractivity contribution in [1.82, 2.24) is 0 Å². The number of hydrogen-bond donors (Lipinski definition) is 0. The molecule has 106 valence electrons. The highest BCUT2D eigenvalue weighted by molar-refractivity contribution is 9.09. The van der Waals surface area contributed by atoms with Crippen LogP contribution in [0, 0.1) is 16.2 Å². The minimum atomic E-state index is 0.0356. The van der Waals surface area contributed by atoms with Gasteiger partial charge < -0.3 is 0 Å². The zero-order valence-corrected chi connectivity index (χ0v) is 13.4. The number of rotatable bonds is 0. The van der Waals surface area contributed by atoms with E-state index >= 15 is 0 Å². The van der Waals surface area contributed by atoms with Crippen molar-refractivity contribution < 1.29 is 4.79 Å². The maximum absolute atomic E-state index is 12.9. The first kappa shape index (κ1) is 12.9. The van der Waals surface area contributed by atoms with Gasteiger partial charge in [0.15, 0.2) is 0 Å². The zero-order chi connectivity index (χ0) is 13.1. The predicted octanol–water partition coefficient (Wildman–Crippen LogP) is 5.01. The average Bonchev–Trinajstić information content (AvgIpc) is 3.13. The Morgan fingerprint density at radius 2 is 1.63 bits per heavy atom. The number of carbonyl (C=O) groups excluding carboxylic acids is 1. The molecule has 0 aliphatic heterocycles. The molecule has 0 aromatic carbocycles. The molecule has 3 spiro atoms. The van der Waals surface area contributed by atoms with Crippen LogP contribution >= 0.6 is 15.9 Å². The van der Waals surface area contributed by atoms with E-state index in [4.69, 9.17) is 0 Å². The topological polar surface area (TPSA) is 17.1 Å². The Kier molecular flexibility index (Phi) is 2.76. The van der Waals surface area contributed by atoms with Crippen LogP contribution in [0.1, 0.15) is 77.0 Å². The summed E-state index contributed by atoms with van der Waals surface area (Å²) in [4.78, 5) is 13.4. The highest BCUT2D eigenvalue weighted by Crippen LogP contribution is 2.76. The van der Waals surface area contributed by atoms with Crippen LogP contribution in [-0.2, 0) is 4.79 Å². The molecule has 2 heteroatoms. The van der Waals surface area contributed by atoms with Gasteiger partial charge in [-0.1, -0.05) is 41.6 Å². The summed E-state index contributed by atoms with van der Waals surface area (Å²) in [5, 5.41) is 0. The van der Waals surface area contributed by atoms with Crippen molar-refractivity contribution in [2.24, 2.45) is 16.2 Å². The molecule has 0 bridgehead atoms. The molecule has 0 aromatic rings. The Bertz CT molecular complexity index is 406. The molecule has 4 rings (SSSR count). The molecule has 0 heterocycles. The molecular formula is C17H25BrO. The van der Waals surface area contributed by atoms with E-state index in [0.717, 1.165) is 6.42 Å². The van der Waals surface area contributed by atoms with Gasteiger partial charge in [-0.2, -0.15) is 0 Å². The van der Waals surface area contributed by atoms with Crippen molar-refractivity contribution in [3.8, 4) is 0 Å². The van der Waals surface area contributed by atoms with Gasteiger partial charge in [-0.05, 0) is 55.8 Å². The highest BCUT2D eigenvalue weighted by atomic mass is 79.9. The minimum Gasteiger partial charge on any atom is -0.299 e. The smallest absolute Gasteiger partial charge is 0.140 e. The summed E-state index contributed by atoms with van der Waals surface area (Å²) in [6.45, 7) is 0. The predicted molar refractivity (Wildman–Crippen MR) is 80.4 cm³/mol. The fourth-order valence-corrected chi connectivity index (χ4v) is 8.20. The van der Waals surface area contributed by atoms with Crippen LogP contribution in [0.2, 0.25) is 0 Å². The van der Waals surface area contributed by atoms with Gasteiger partial charge in [-0.3, -0.25) is 4.79 Å². The molecule has 1 nitrogen and oxygen atoms in total. The standard InChI is InChI=1S/C17H25BrO/c18-13-5-3-11-17(13)14(19)6-12-16(17)10-4-9-15(16)7-1-2-8-15/h13H,1-12H2/t13-,16+,17-/m1/s1. The van der Waals surface area contributed by atoms with Crippen molar-refractivity contribution >= 4 is 21.7 Å². The summed E-state index contributed by atoms with van der Waals surface area (Å²) in [7, 11) is 0. The van der Waals surface area contributed by atoms with Gasteiger partial charge in [-0.25, -0.2) is 0 Å². The zero-order valence-electron chi connectivity index (χ0n) is 11.8. The van der Waals surface area contributed by atoms with Crippen LogP contribution < -0.4 is 0 Å². The second-order valence-electron chi connectivity index (χ2n) is 7.68. The number of carbonyl (C=O) groups is 1. The van der Waals surface area contributed by atoms with Crippen molar-refractivity contribution in [3.05, 3.63) is 0 Å². The van der Waals surface area contributed by atoms with Crippen LogP contribution in [0.3, 0.4) is 0 Å².